The van der Waals surface area contributed by atoms with Crippen LogP contribution in [0.25, 0.3) is 5.82 Å². The molecule has 0 saturated carbocycles. The Bertz CT molecular complexity index is 469. The van der Waals surface area contributed by atoms with Crippen LogP contribution >= 0.6 is 0 Å². The standard InChI is InChI=1S/C8H9N5O/c9-3-6-1-2-7(10-4-6)13-5-11-12-8(13)14/h1-2,4-5H,3,9H2,(H,12,14). The Morgan fingerprint density at radius 1 is 1.50 bits per heavy atom. The average molecular weight is 191 g/mol. The summed E-state index contributed by atoms with van der Waals surface area (Å²) in [6.45, 7) is 0.438. The number of aromatic nitrogens is 4. The monoisotopic (exact) mass is 191 g/mol. The van der Waals surface area contributed by atoms with E-state index in [2.05, 4.69) is 15.2 Å². The van der Waals surface area contributed by atoms with Crippen LogP contribution < -0.4 is 11.4 Å². The van der Waals surface area contributed by atoms with E-state index >= 15 is 0 Å². The van der Waals surface area contributed by atoms with Crippen molar-refractivity contribution in [1.82, 2.24) is 19.7 Å². The molecule has 0 amide bonds. The second kappa shape index (κ2) is 3.43. The molecule has 2 aromatic heterocycles. The molecule has 0 bridgehead atoms. The molecule has 2 heterocycles. The smallest absolute Gasteiger partial charge is 0.326 e. The quantitative estimate of drug-likeness (QED) is 0.664. The van der Waals surface area contributed by atoms with E-state index in [0.29, 0.717) is 12.4 Å². The van der Waals surface area contributed by atoms with Crippen LogP contribution in [0.3, 0.4) is 0 Å². The lowest BCUT2D eigenvalue weighted by Gasteiger charge is -1.99. The van der Waals surface area contributed by atoms with Gasteiger partial charge in [-0.15, -0.1) is 0 Å². The number of aromatic amines is 1. The fourth-order valence-corrected chi connectivity index (χ4v) is 1.09. The van der Waals surface area contributed by atoms with Crippen molar-refractivity contribution >= 4 is 0 Å². The molecule has 2 aromatic rings. The van der Waals surface area contributed by atoms with Gasteiger partial charge in [0, 0.05) is 12.7 Å². The van der Waals surface area contributed by atoms with Crippen LogP contribution in [0, 0.1) is 0 Å². The summed E-state index contributed by atoms with van der Waals surface area (Å²) >= 11 is 0. The van der Waals surface area contributed by atoms with Crippen LogP contribution in [0.1, 0.15) is 5.56 Å². The highest BCUT2D eigenvalue weighted by Gasteiger charge is 2.01. The summed E-state index contributed by atoms with van der Waals surface area (Å²) in [5, 5.41) is 5.89. The van der Waals surface area contributed by atoms with Crippen LogP contribution in [-0.4, -0.2) is 19.7 Å². The number of hydrogen-bond donors (Lipinski definition) is 2. The first-order valence-corrected chi connectivity index (χ1v) is 4.08. The third-order valence-electron chi connectivity index (χ3n) is 1.84. The maximum atomic E-state index is 11.2. The fraction of sp³-hybridized carbons (Fsp3) is 0.125. The largest absolute Gasteiger partial charge is 0.348 e. The molecule has 0 spiro atoms. The first-order valence-electron chi connectivity index (χ1n) is 4.08. The number of nitrogens with two attached hydrogens (primary N) is 1. The Kier molecular flexibility index (Phi) is 2.11. The molecule has 0 aromatic carbocycles. The Hall–Kier alpha value is -1.95. The summed E-state index contributed by atoms with van der Waals surface area (Å²) < 4.78 is 1.32. The van der Waals surface area contributed by atoms with Gasteiger partial charge in [0.25, 0.3) is 0 Å². The lowest BCUT2D eigenvalue weighted by Crippen LogP contribution is -2.15. The van der Waals surface area contributed by atoms with E-state index < -0.39 is 0 Å². The summed E-state index contributed by atoms with van der Waals surface area (Å²) in [5.74, 6) is 0.529. The van der Waals surface area contributed by atoms with Gasteiger partial charge in [0.05, 0.1) is 0 Å². The Morgan fingerprint density at radius 3 is 2.86 bits per heavy atom. The molecular weight excluding hydrogens is 182 g/mol. The molecule has 0 aliphatic heterocycles. The van der Waals surface area contributed by atoms with Gasteiger partial charge < -0.3 is 5.73 Å². The van der Waals surface area contributed by atoms with Crippen molar-refractivity contribution in [3.05, 3.63) is 40.7 Å². The molecule has 0 unspecified atom stereocenters. The molecule has 2 rings (SSSR count). The molecule has 14 heavy (non-hydrogen) atoms. The number of nitrogens with one attached hydrogen (secondary N) is 1. The predicted octanol–water partition coefficient (Wildman–Crippen LogP) is -0.586. The van der Waals surface area contributed by atoms with Gasteiger partial charge in [-0.25, -0.2) is 19.4 Å². The Balaban J connectivity index is 2.44. The van der Waals surface area contributed by atoms with Crippen molar-refractivity contribution in [2.45, 2.75) is 6.54 Å². The van der Waals surface area contributed by atoms with E-state index in [9.17, 15) is 4.79 Å². The average Bonchev–Trinajstić information content (AvgIpc) is 2.65. The first kappa shape index (κ1) is 8.64. The van der Waals surface area contributed by atoms with Crippen molar-refractivity contribution < 1.29 is 0 Å². The number of nitrogens with zero attached hydrogens (tertiary/aromatic N) is 3. The van der Waals surface area contributed by atoms with Crippen LogP contribution in [0.5, 0.6) is 0 Å². The minimum Gasteiger partial charge on any atom is -0.326 e. The summed E-state index contributed by atoms with van der Waals surface area (Å²) in [6, 6.07) is 3.54. The zero-order valence-electron chi connectivity index (χ0n) is 7.34. The second-order valence-corrected chi connectivity index (χ2v) is 2.76. The van der Waals surface area contributed by atoms with Crippen molar-refractivity contribution in [2.75, 3.05) is 0 Å². The van der Waals surface area contributed by atoms with Gasteiger partial charge in [0.2, 0.25) is 0 Å². The maximum Gasteiger partial charge on any atom is 0.348 e. The van der Waals surface area contributed by atoms with Gasteiger partial charge in [-0.2, -0.15) is 5.10 Å². The molecule has 6 heteroatoms. The molecule has 0 aliphatic rings. The molecule has 0 fully saturated rings. The SMILES string of the molecule is NCc1ccc(-n2cn[nH]c2=O)nc1. The molecule has 3 N–H and O–H groups in total. The van der Waals surface area contributed by atoms with Crippen molar-refractivity contribution in [3.8, 4) is 5.82 Å². The predicted molar refractivity (Wildman–Crippen MR) is 49.9 cm³/mol. The molecule has 6 nitrogen and oxygen atoms in total. The van der Waals surface area contributed by atoms with Gasteiger partial charge in [-0.05, 0) is 11.6 Å². The number of hydrogen-bond acceptors (Lipinski definition) is 4. The lowest BCUT2D eigenvalue weighted by molar-refractivity contribution is 0.928. The third kappa shape index (κ3) is 1.42. The zero-order valence-corrected chi connectivity index (χ0v) is 7.34. The van der Waals surface area contributed by atoms with E-state index in [1.54, 1.807) is 12.3 Å². The van der Waals surface area contributed by atoms with E-state index in [1.165, 1.54) is 10.9 Å². The van der Waals surface area contributed by atoms with E-state index in [4.69, 9.17) is 5.73 Å². The molecule has 0 aliphatic carbocycles. The number of H-pyrrole nitrogens is 1. The maximum absolute atomic E-state index is 11.2. The van der Waals surface area contributed by atoms with E-state index in [0.717, 1.165) is 5.56 Å². The van der Waals surface area contributed by atoms with Crippen LogP contribution in [0.4, 0.5) is 0 Å². The summed E-state index contributed by atoms with van der Waals surface area (Å²) in [5.41, 5.74) is 6.04. The van der Waals surface area contributed by atoms with Crippen molar-refractivity contribution in [1.29, 1.82) is 0 Å². The van der Waals surface area contributed by atoms with Gasteiger partial charge in [-0.1, -0.05) is 6.07 Å². The minimum atomic E-state index is -0.307. The van der Waals surface area contributed by atoms with Crippen molar-refractivity contribution in [3.63, 3.8) is 0 Å². The molecule has 0 atom stereocenters. The highest BCUT2D eigenvalue weighted by Crippen LogP contribution is 2.01. The zero-order chi connectivity index (χ0) is 9.97. The van der Waals surface area contributed by atoms with E-state index in [-0.39, 0.29) is 5.69 Å². The first-order chi connectivity index (χ1) is 6.81. The van der Waals surface area contributed by atoms with Crippen LogP contribution in [-0.2, 0) is 6.54 Å². The van der Waals surface area contributed by atoms with E-state index in [1.807, 2.05) is 6.07 Å². The summed E-state index contributed by atoms with van der Waals surface area (Å²) in [4.78, 5) is 15.2. The van der Waals surface area contributed by atoms with Crippen LogP contribution in [0.2, 0.25) is 0 Å². The lowest BCUT2D eigenvalue weighted by atomic mass is 10.3. The summed E-state index contributed by atoms with van der Waals surface area (Å²) in [7, 11) is 0. The molecule has 0 saturated heterocycles. The van der Waals surface area contributed by atoms with Gasteiger partial charge in [0.1, 0.15) is 12.1 Å². The van der Waals surface area contributed by atoms with Gasteiger partial charge in [0.15, 0.2) is 0 Å². The molecule has 72 valence electrons. The Labute approximate surface area is 79.4 Å². The topological polar surface area (TPSA) is 89.6 Å². The second-order valence-electron chi connectivity index (χ2n) is 2.76. The molecular formula is C8H9N5O. The van der Waals surface area contributed by atoms with Gasteiger partial charge in [-0.3, -0.25) is 0 Å². The third-order valence-corrected chi connectivity index (χ3v) is 1.84. The highest BCUT2D eigenvalue weighted by atomic mass is 16.1. The molecule has 0 radical (unpaired) electrons. The minimum absolute atomic E-state index is 0.307. The fourth-order valence-electron chi connectivity index (χ4n) is 1.09. The summed E-state index contributed by atoms with van der Waals surface area (Å²) in [6.07, 6.45) is 3.02. The Morgan fingerprint density at radius 2 is 2.36 bits per heavy atom. The van der Waals surface area contributed by atoms with Gasteiger partial charge >= 0.3 is 5.69 Å². The highest BCUT2D eigenvalue weighted by molar-refractivity contribution is 5.24. The normalized spacial score (nSPS) is 10.4. The van der Waals surface area contributed by atoms with Crippen molar-refractivity contribution in [2.24, 2.45) is 5.73 Å². The number of rotatable bonds is 2. The number of pyridine rings is 1. The van der Waals surface area contributed by atoms with Crippen LogP contribution in [0.15, 0.2) is 29.5 Å².